The summed E-state index contributed by atoms with van der Waals surface area (Å²) in [5, 5.41) is 10.5. The van der Waals surface area contributed by atoms with E-state index in [1.54, 1.807) is 25.2 Å². The molecule has 0 aliphatic heterocycles. The van der Waals surface area contributed by atoms with Crippen LogP contribution in [-0.4, -0.2) is 57.9 Å². The lowest BCUT2D eigenvalue weighted by molar-refractivity contribution is -0.116. The van der Waals surface area contributed by atoms with E-state index < -0.39 is 0 Å². The molecule has 9 nitrogen and oxygen atoms in total. The fourth-order valence-electron chi connectivity index (χ4n) is 4.86. The van der Waals surface area contributed by atoms with E-state index in [-0.39, 0.29) is 23.3 Å². The molecule has 228 valence electrons. The molecule has 0 bridgehead atoms. The van der Waals surface area contributed by atoms with Gasteiger partial charge in [-0.15, -0.1) is 0 Å². The Bertz CT molecular complexity index is 1530. The Morgan fingerprint density at radius 2 is 1.70 bits per heavy atom. The Morgan fingerprint density at radius 3 is 2.30 bits per heavy atom. The highest BCUT2D eigenvalue weighted by molar-refractivity contribution is 5.99. The number of benzene rings is 1. The van der Waals surface area contributed by atoms with Crippen molar-refractivity contribution in [3.05, 3.63) is 72.1 Å². The van der Waals surface area contributed by atoms with E-state index in [0.29, 0.717) is 35.1 Å². The van der Waals surface area contributed by atoms with Crippen LogP contribution in [0.5, 0.6) is 0 Å². The third-order valence-corrected chi connectivity index (χ3v) is 7.46. The lowest BCUT2D eigenvalue weighted by atomic mass is 9.87. The number of fused-ring (bicyclic) bond motifs is 1. The third-order valence-electron chi connectivity index (χ3n) is 7.46. The molecule has 0 aliphatic carbocycles. The number of carbonyl (C=O) groups excluding carboxylic acids is 2. The van der Waals surface area contributed by atoms with Crippen LogP contribution in [0.25, 0.3) is 16.7 Å². The first-order valence-corrected chi connectivity index (χ1v) is 15.1. The van der Waals surface area contributed by atoms with Gasteiger partial charge in [-0.1, -0.05) is 53.2 Å². The Kier molecular flexibility index (Phi) is 10.2. The minimum absolute atomic E-state index is 0.0175. The van der Waals surface area contributed by atoms with Gasteiger partial charge in [0.05, 0.1) is 11.9 Å². The van der Waals surface area contributed by atoms with Crippen LogP contribution < -0.4 is 16.0 Å². The summed E-state index contributed by atoms with van der Waals surface area (Å²) in [7, 11) is 3.50. The predicted molar refractivity (Wildman–Crippen MR) is 176 cm³/mol. The van der Waals surface area contributed by atoms with Crippen molar-refractivity contribution >= 4 is 40.2 Å². The largest absolute Gasteiger partial charge is 0.343 e. The molecular formula is C34H45N7O2. The topological polar surface area (TPSA) is 104 Å². The van der Waals surface area contributed by atoms with Crippen molar-refractivity contribution in [3.63, 3.8) is 0 Å². The molecule has 2 amide bonds. The molecule has 4 rings (SSSR count). The summed E-state index contributed by atoms with van der Waals surface area (Å²) in [5.74, 6) is 1.04. The second-order valence-corrected chi connectivity index (χ2v) is 12.2. The highest BCUT2D eigenvalue weighted by atomic mass is 16.2. The van der Waals surface area contributed by atoms with E-state index >= 15 is 0 Å². The second kappa shape index (κ2) is 13.8. The molecule has 0 aliphatic rings. The first kappa shape index (κ1) is 31.7. The van der Waals surface area contributed by atoms with Crippen LogP contribution in [0, 0.1) is 0 Å². The molecule has 1 aromatic carbocycles. The summed E-state index contributed by atoms with van der Waals surface area (Å²) >= 11 is 0. The normalized spacial score (nSPS) is 12.3. The van der Waals surface area contributed by atoms with Crippen molar-refractivity contribution in [1.82, 2.24) is 24.8 Å². The zero-order valence-corrected chi connectivity index (χ0v) is 26.5. The van der Waals surface area contributed by atoms with Crippen LogP contribution in [0.15, 0.2) is 60.8 Å². The number of rotatable bonds is 12. The van der Waals surface area contributed by atoms with Crippen molar-refractivity contribution in [2.45, 2.75) is 71.8 Å². The molecular weight excluding hydrogens is 538 g/mol. The standard InChI is InChI=1S/C34H45N7O2/c1-8-10-19-35-25(9-2)21-31(42)37-26-14-18-29(36-22-26)38-30-17-11-23-20-28(33(43)40(6)7)41(32(23)39-30)27-15-12-24(13-16-27)34(3,4)5/h11-18,20,22,25,35H,8-10,19,21H2,1-7H3,(H,37,42)(H,36,38,39). The zero-order chi connectivity index (χ0) is 31.1. The van der Waals surface area contributed by atoms with Gasteiger partial charge in [0.2, 0.25) is 5.91 Å². The van der Waals surface area contributed by atoms with Gasteiger partial charge >= 0.3 is 0 Å². The number of hydrogen-bond donors (Lipinski definition) is 3. The zero-order valence-electron chi connectivity index (χ0n) is 26.5. The summed E-state index contributed by atoms with van der Waals surface area (Å²) in [6.07, 6.45) is 5.18. The molecule has 0 fully saturated rings. The fraction of sp³-hybridized carbons (Fsp3) is 0.412. The van der Waals surface area contributed by atoms with Gasteiger partial charge in [0.25, 0.3) is 5.91 Å². The first-order valence-electron chi connectivity index (χ1n) is 15.1. The van der Waals surface area contributed by atoms with Gasteiger partial charge in [-0.25, -0.2) is 9.97 Å². The summed E-state index contributed by atoms with van der Waals surface area (Å²) in [4.78, 5) is 36.7. The molecule has 0 saturated heterocycles. The molecule has 1 unspecified atom stereocenters. The van der Waals surface area contributed by atoms with Crippen LogP contribution in [0.3, 0.4) is 0 Å². The van der Waals surface area contributed by atoms with E-state index in [4.69, 9.17) is 4.98 Å². The number of carbonyl (C=O) groups is 2. The molecule has 0 saturated carbocycles. The van der Waals surface area contributed by atoms with E-state index in [9.17, 15) is 9.59 Å². The molecule has 0 radical (unpaired) electrons. The van der Waals surface area contributed by atoms with Gasteiger partial charge in [0, 0.05) is 37.6 Å². The summed E-state index contributed by atoms with van der Waals surface area (Å²) in [6.45, 7) is 11.7. The predicted octanol–water partition coefficient (Wildman–Crippen LogP) is 6.66. The number of hydrogen-bond acceptors (Lipinski definition) is 6. The number of unbranched alkanes of at least 4 members (excludes halogenated alkanes) is 1. The average molecular weight is 584 g/mol. The monoisotopic (exact) mass is 583 g/mol. The van der Waals surface area contributed by atoms with Crippen LogP contribution in [0.2, 0.25) is 0 Å². The summed E-state index contributed by atoms with van der Waals surface area (Å²) in [6, 6.07) is 17.8. The van der Waals surface area contributed by atoms with Gasteiger partial charge in [0.1, 0.15) is 23.0 Å². The third kappa shape index (κ3) is 7.99. The molecule has 3 N–H and O–H groups in total. The maximum Gasteiger partial charge on any atom is 0.270 e. The van der Waals surface area contributed by atoms with E-state index in [2.05, 4.69) is 67.7 Å². The lowest BCUT2D eigenvalue weighted by Gasteiger charge is -2.20. The second-order valence-electron chi connectivity index (χ2n) is 12.2. The number of pyridine rings is 2. The van der Waals surface area contributed by atoms with E-state index in [0.717, 1.165) is 36.9 Å². The van der Waals surface area contributed by atoms with Crippen molar-refractivity contribution in [3.8, 4) is 5.69 Å². The van der Waals surface area contributed by atoms with Crippen LogP contribution >= 0.6 is 0 Å². The van der Waals surface area contributed by atoms with Gasteiger partial charge in [-0.05, 0) is 72.8 Å². The minimum atomic E-state index is -0.103. The van der Waals surface area contributed by atoms with Crippen LogP contribution in [-0.2, 0) is 10.2 Å². The summed E-state index contributed by atoms with van der Waals surface area (Å²) in [5.41, 5.74) is 3.94. The molecule has 3 heterocycles. The number of anilines is 3. The Labute approximate surface area is 255 Å². The fourth-order valence-corrected chi connectivity index (χ4v) is 4.86. The highest BCUT2D eigenvalue weighted by Crippen LogP contribution is 2.29. The Balaban J connectivity index is 1.54. The highest BCUT2D eigenvalue weighted by Gasteiger charge is 2.21. The first-order chi connectivity index (χ1) is 20.5. The summed E-state index contributed by atoms with van der Waals surface area (Å²) < 4.78 is 1.90. The van der Waals surface area contributed by atoms with Crippen LogP contribution in [0.1, 0.15) is 76.4 Å². The van der Waals surface area contributed by atoms with Crippen molar-refractivity contribution in [1.29, 1.82) is 0 Å². The van der Waals surface area contributed by atoms with Gasteiger partial charge in [0.15, 0.2) is 0 Å². The number of nitrogens with zero attached hydrogens (tertiary/aromatic N) is 4. The van der Waals surface area contributed by atoms with E-state index in [1.807, 2.05) is 47.0 Å². The van der Waals surface area contributed by atoms with Crippen molar-refractivity contribution in [2.24, 2.45) is 0 Å². The van der Waals surface area contributed by atoms with E-state index in [1.165, 1.54) is 5.56 Å². The maximum absolute atomic E-state index is 13.2. The molecule has 43 heavy (non-hydrogen) atoms. The van der Waals surface area contributed by atoms with Gasteiger partial charge < -0.3 is 20.9 Å². The average Bonchev–Trinajstić information content (AvgIpc) is 3.35. The molecule has 0 spiro atoms. The molecule has 1 atom stereocenters. The maximum atomic E-state index is 13.2. The molecule has 4 aromatic rings. The number of amides is 2. The van der Waals surface area contributed by atoms with Crippen molar-refractivity contribution in [2.75, 3.05) is 31.3 Å². The minimum Gasteiger partial charge on any atom is -0.343 e. The SMILES string of the molecule is CCCCNC(CC)CC(=O)Nc1ccc(Nc2ccc3cc(C(=O)N(C)C)n(-c4ccc(C(C)(C)C)cc4)c3n2)nc1. The Morgan fingerprint density at radius 1 is 0.977 bits per heavy atom. The van der Waals surface area contributed by atoms with Crippen LogP contribution in [0.4, 0.5) is 17.3 Å². The lowest BCUT2D eigenvalue weighted by Crippen LogP contribution is -2.33. The molecule has 9 heteroatoms. The Hall–Kier alpha value is -4.24. The molecule has 3 aromatic heterocycles. The quantitative estimate of drug-likeness (QED) is 0.161. The number of aromatic nitrogens is 3. The smallest absolute Gasteiger partial charge is 0.270 e. The van der Waals surface area contributed by atoms with Crippen molar-refractivity contribution < 1.29 is 9.59 Å². The van der Waals surface area contributed by atoms with Gasteiger partial charge in [-0.3, -0.25) is 14.2 Å². The number of nitrogens with one attached hydrogen (secondary N) is 3. The van der Waals surface area contributed by atoms with Gasteiger partial charge in [-0.2, -0.15) is 0 Å².